The van der Waals surface area contributed by atoms with Crippen molar-refractivity contribution in [1.29, 1.82) is 0 Å². The van der Waals surface area contributed by atoms with Crippen molar-refractivity contribution in [3.8, 4) is 5.75 Å². The van der Waals surface area contributed by atoms with Gasteiger partial charge in [-0.2, -0.15) is 9.61 Å². The second kappa shape index (κ2) is 10.6. The van der Waals surface area contributed by atoms with E-state index < -0.39 is 0 Å². The van der Waals surface area contributed by atoms with E-state index >= 15 is 0 Å². The van der Waals surface area contributed by atoms with Crippen molar-refractivity contribution in [2.24, 2.45) is 0 Å². The smallest absolute Gasteiger partial charge is 0.351 e. The summed E-state index contributed by atoms with van der Waals surface area (Å²) in [5.74, 6) is 0.772. The number of nitrogens with zero attached hydrogens (tertiary/aromatic N) is 5. The minimum atomic E-state index is -0.247. The molecule has 0 unspecified atom stereocenters. The van der Waals surface area contributed by atoms with Gasteiger partial charge < -0.3 is 15.4 Å². The van der Waals surface area contributed by atoms with E-state index in [1.54, 1.807) is 11.7 Å². The summed E-state index contributed by atoms with van der Waals surface area (Å²) >= 11 is 0. The fraction of sp³-hybridized carbons (Fsp3) is 0.364. The van der Waals surface area contributed by atoms with E-state index in [-0.39, 0.29) is 5.69 Å². The van der Waals surface area contributed by atoms with E-state index in [0.717, 1.165) is 35.5 Å². The lowest BCUT2D eigenvalue weighted by Crippen LogP contribution is -2.29. The molecule has 0 bridgehead atoms. The van der Waals surface area contributed by atoms with Crippen LogP contribution in [0.3, 0.4) is 0 Å². The zero-order chi connectivity index (χ0) is 22.2. The minimum absolute atomic E-state index is 0.247. The summed E-state index contributed by atoms with van der Waals surface area (Å²) in [5, 5.41) is 10.5. The lowest BCUT2D eigenvalue weighted by molar-refractivity contribution is 0.414. The third kappa shape index (κ3) is 4.89. The van der Waals surface area contributed by atoms with Crippen LogP contribution in [0.15, 0.2) is 47.7 Å². The number of nitrogens with one attached hydrogen (secondary N) is 2. The van der Waals surface area contributed by atoms with Gasteiger partial charge in [-0.1, -0.05) is 26.0 Å². The van der Waals surface area contributed by atoms with Crippen LogP contribution in [0.2, 0.25) is 0 Å². The molecule has 4 rings (SSSR count). The molecule has 3 heterocycles. The van der Waals surface area contributed by atoms with Crippen LogP contribution in [0.25, 0.3) is 16.7 Å². The Balaban J connectivity index is 0.00000132. The number of likely N-dealkylation sites (N-methyl/N-ethyl adjacent to an activating group) is 1. The molecule has 0 saturated carbocycles. The number of methoxy groups -OCH3 is 1. The second-order valence-electron chi connectivity index (χ2n) is 6.70. The van der Waals surface area contributed by atoms with Crippen LogP contribution in [-0.2, 0) is 13.1 Å². The molecule has 9 nitrogen and oxygen atoms in total. The number of hydrogen-bond donors (Lipinski definition) is 2. The number of benzene rings is 1. The first kappa shape index (κ1) is 22.4. The molecular weight excluding hydrogens is 394 g/mol. The molecule has 0 atom stereocenters. The number of aromatic nitrogens is 5. The van der Waals surface area contributed by atoms with Gasteiger partial charge in [0.1, 0.15) is 17.6 Å². The molecule has 9 heteroatoms. The predicted molar refractivity (Wildman–Crippen MR) is 122 cm³/mol. The standard InChI is InChI=1S/C20H23N7O2.C2H6/c1-21-7-8-22-10-15-9-17-18(23-11-15)19-24-13-25-27(19)20(28)26(17)12-14-3-5-16(29-2)6-4-14;1-2/h3-6,9,11,13,21-22H,7-8,10,12H2,1-2H3;1-2H3. The zero-order valence-corrected chi connectivity index (χ0v) is 18.4. The van der Waals surface area contributed by atoms with Crippen molar-refractivity contribution in [3.05, 3.63) is 64.5 Å². The molecule has 2 N–H and O–H groups in total. The van der Waals surface area contributed by atoms with Crippen LogP contribution in [0.5, 0.6) is 5.75 Å². The Morgan fingerprint density at radius 3 is 2.55 bits per heavy atom. The summed E-state index contributed by atoms with van der Waals surface area (Å²) < 4.78 is 8.20. The van der Waals surface area contributed by atoms with Gasteiger partial charge in [0.05, 0.1) is 19.2 Å². The number of fused-ring (bicyclic) bond motifs is 3. The third-order valence-electron chi connectivity index (χ3n) is 4.77. The number of hydrogen-bond acceptors (Lipinski definition) is 7. The van der Waals surface area contributed by atoms with Gasteiger partial charge in [-0.05, 0) is 36.4 Å². The van der Waals surface area contributed by atoms with Crippen molar-refractivity contribution in [2.45, 2.75) is 26.9 Å². The summed E-state index contributed by atoms with van der Waals surface area (Å²) in [5.41, 5.74) is 3.58. The summed E-state index contributed by atoms with van der Waals surface area (Å²) in [6.07, 6.45) is 3.19. The summed E-state index contributed by atoms with van der Waals surface area (Å²) in [6.45, 7) is 6.78. The molecule has 3 aromatic heterocycles. The maximum Gasteiger partial charge on any atom is 0.351 e. The Labute approximate surface area is 181 Å². The Morgan fingerprint density at radius 2 is 1.84 bits per heavy atom. The molecule has 0 saturated heterocycles. The highest BCUT2D eigenvalue weighted by atomic mass is 16.5. The minimum Gasteiger partial charge on any atom is -0.497 e. The van der Waals surface area contributed by atoms with Crippen LogP contribution in [-0.4, -0.2) is 51.4 Å². The molecular formula is C22H29N7O2. The zero-order valence-electron chi connectivity index (χ0n) is 18.4. The van der Waals surface area contributed by atoms with E-state index in [9.17, 15) is 4.79 Å². The normalized spacial score (nSPS) is 10.8. The topological polar surface area (TPSA) is 98.4 Å². The average molecular weight is 424 g/mol. The van der Waals surface area contributed by atoms with Gasteiger partial charge in [0.25, 0.3) is 0 Å². The molecule has 0 aliphatic rings. The molecule has 0 aliphatic heterocycles. The van der Waals surface area contributed by atoms with Crippen LogP contribution in [0.1, 0.15) is 25.0 Å². The van der Waals surface area contributed by atoms with E-state index in [2.05, 4.69) is 25.7 Å². The first-order chi connectivity index (χ1) is 15.2. The highest BCUT2D eigenvalue weighted by molar-refractivity contribution is 5.87. The van der Waals surface area contributed by atoms with Crippen molar-refractivity contribution in [1.82, 2.24) is 34.8 Å². The Hall–Kier alpha value is -3.30. The van der Waals surface area contributed by atoms with E-state index in [1.165, 1.54) is 10.8 Å². The summed E-state index contributed by atoms with van der Waals surface area (Å²) in [6, 6.07) is 9.64. The van der Waals surface area contributed by atoms with E-state index in [1.807, 2.05) is 57.4 Å². The van der Waals surface area contributed by atoms with Gasteiger partial charge in [-0.3, -0.25) is 9.55 Å². The van der Waals surface area contributed by atoms with Crippen LogP contribution in [0.4, 0.5) is 0 Å². The highest BCUT2D eigenvalue weighted by Crippen LogP contribution is 2.18. The molecule has 0 amide bonds. The fourth-order valence-corrected chi connectivity index (χ4v) is 3.24. The molecule has 0 radical (unpaired) electrons. The van der Waals surface area contributed by atoms with Crippen LogP contribution in [0, 0.1) is 0 Å². The first-order valence-electron chi connectivity index (χ1n) is 10.4. The van der Waals surface area contributed by atoms with Crippen molar-refractivity contribution in [3.63, 3.8) is 0 Å². The lowest BCUT2D eigenvalue weighted by Gasteiger charge is -2.13. The Kier molecular flexibility index (Phi) is 7.69. The summed E-state index contributed by atoms with van der Waals surface area (Å²) in [7, 11) is 3.55. The largest absolute Gasteiger partial charge is 0.497 e. The number of rotatable bonds is 8. The van der Waals surface area contributed by atoms with E-state index in [0.29, 0.717) is 24.3 Å². The van der Waals surface area contributed by atoms with Gasteiger partial charge in [0.2, 0.25) is 0 Å². The SMILES string of the molecule is CC.CNCCNCc1cnc2c(c1)n(Cc1ccc(OC)cc1)c(=O)n1ncnc21. The van der Waals surface area contributed by atoms with Gasteiger partial charge in [-0.15, -0.1) is 0 Å². The molecule has 4 aromatic rings. The molecule has 0 spiro atoms. The van der Waals surface area contributed by atoms with Gasteiger partial charge in [-0.25, -0.2) is 9.78 Å². The van der Waals surface area contributed by atoms with Gasteiger partial charge in [0, 0.05) is 25.8 Å². The number of pyridine rings is 1. The molecule has 164 valence electrons. The molecule has 1 aromatic carbocycles. The lowest BCUT2D eigenvalue weighted by atomic mass is 10.2. The fourth-order valence-electron chi connectivity index (χ4n) is 3.24. The van der Waals surface area contributed by atoms with Crippen molar-refractivity contribution >= 4 is 16.7 Å². The Bertz CT molecular complexity index is 1180. The quantitative estimate of drug-likeness (QED) is 0.417. The van der Waals surface area contributed by atoms with Crippen molar-refractivity contribution < 1.29 is 4.74 Å². The average Bonchev–Trinajstić information content (AvgIpc) is 3.31. The molecule has 0 fully saturated rings. The first-order valence-corrected chi connectivity index (χ1v) is 10.4. The van der Waals surface area contributed by atoms with E-state index in [4.69, 9.17) is 4.74 Å². The van der Waals surface area contributed by atoms with Gasteiger partial charge >= 0.3 is 5.69 Å². The predicted octanol–water partition coefficient (Wildman–Crippen LogP) is 1.83. The maximum absolute atomic E-state index is 13.1. The third-order valence-corrected chi connectivity index (χ3v) is 4.77. The van der Waals surface area contributed by atoms with Crippen LogP contribution < -0.4 is 21.1 Å². The van der Waals surface area contributed by atoms with Crippen LogP contribution >= 0.6 is 0 Å². The van der Waals surface area contributed by atoms with Gasteiger partial charge in [0.15, 0.2) is 5.65 Å². The Morgan fingerprint density at radius 1 is 1.06 bits per heavy atom. The second-order valence-corrected chi connectivity index (χ2v) is 6.70. The van der Waals surface area contributed by atoms with Crippen molar-refractivity contribution in [2.75, 3.05) is 27.2 Å². The summed E-state index contributed by atoms with van der Waals surface area (Å²) in [4.78, 5) is 21.9. The molecule has 0 aliphatic carbocycles. The number of ether oxygens (including phenoxy) is 1. The maximum atomic E-state index is 13.1. The highest BCUT2D eigenvalue weighted by Gasteiger charge is 2.14. The molecule has 31 heavy (non-hydrogen) atoms. The monoisotopic (exact) mass is 423 g/mol.